The molecule has 1 N–H and O–H groups in total. The lowest BCUT2D eigenvalue weighted by molar-refractivity contribution is -0.141. The lowest BCUT2D eigenvalue weighted by Gasteiger charge is -2.16. The van der Waals surface area contributed by atoms with Crippen LogP contribution in [0.25, 0.3) is 0 Å². The minimum absolute atomic E-state index is 0.158. The maximum Gasteiger partial charge on any atom is 0.305 e. The molecule has 1 aromatic rings. The number of hydrogen-bond donors (Lipinski definition) is 1. The number of carbonyl (C=O) groups excluding carboxylic acids is 2. The predicted molar refractivity (Wildman–Crippen MR) is 117 cm³/mol. The van der Waals surface area contributed by atoms with Crippen LogP contribution < -0.4 is 4.74 Å². The fourth-order valence-corrected chi connectivity index (χ4v) is 3.38. The smallest absolute Gasteiger partial charge is 0.305 e. The first kappa shape index (κ1) is 26.0. The van der Waals surface area contributed by atoms with Gasteiger partial charge in [0, 0.05) is 19.4 Å². The van der Waals surface area contributed by atoms with Crippen LogP contribution in [-0.4, -0.2) is 44.5 Å². The van der Waals surface area contributed by atoms with Crippen molar-refractivity contribution in [3.8, 4) is 5.75 Å². The van der Waals surface area contributed by atoms with Crippen molar-refractivity contribution in [3.63, 3.8) is 0 Å². The van der Waals surface area contributed by atoms with Crippen LogP contribution in [-0.2, 0) is 31.9 Å². The maximum absolute atomic E-state index is 11.7. The summed E-state index contributed by atoms with van der Waals surface area (Å²) in [4.78, 5) is 22.8. The number of hydrogen-bond acceptors (Lipinski definition) is 6. The van der Waals surface area contributed by atoms with Gasteiger partial charge < -0.3 is 19.3 Å². The molecular weight excluding hydrogens is 384 g/mol. The predicted octanol–water partition coefficient (Wildman–Crippen LogP) is 4.39. The van der Waals surface area contributed by atoms with Crippen LogP contribution in [0.3, 0.4) is 0 Å². The number of aliphatic hydroxyl groups is 1. The summed E-state index contributed by atoms with van der Waals surface area (Å²) in [5, 5.41) is 8.91. The van der Waals surface area contributed by atoms with Gasteiger partial charge in [-0.1, -0.05) is 37.8 Å². The van der Waals surface area contributed by atoms with Crippen molar-refractivity contribution in [3.05, 3.63) is 29.3 Å². The molecule has 0 aliphatic heterocycles. The van der Waals surface area contributed by atoms with Crippen molar-refractivity contribution < 1.29 is 28.9 Å². The van der Waals surface area contributed by atoms with Gasteiger partial charge in [0.25, 0.3) is 0 Å². The highest BCUT2D eigenvalue weighted by Crippen LogP contribution is 2.26. The molecule has 30 heavy (non-hydrogen) atoms. The number of rotatable bonds is 17. The molecule has 0 amide bonds. The molecule has 0 atom stereocenters. The Morgan fingerprint density at radius 1 is 0.800 bits per heavy atom. The summed E-state index contributed by atoms with van der Waals surface area (Å²) in [6, 6.07) is 6.09. The SMILES string of the molecule is COC(=O)CCCCCCOc1cccc(CCCCCCO)c1CCC(=O)OC. The van der Waals surface area contributed by atoms with Gasteiger partial charge in [-0.25, -0.2) is 0 Å². The number of methoxy groups -OCH3 is 2. The Kier molecular flexibility index (Phi) is 14.4. The van der Waals surface area contributed by atoms with Gasteiger partial charge in [-0.05, 0) is 55.7 Å². The molecule has 170 valence electrons. The summed E-state index contributed by atoms with van der Waals surface area (Å²) in [6.07, 6.45) is 10.1. The molecule has 0 saturated heterocycles. The topological polar surface area (TPSA) is 82.1 Å². The van der Waals surface area contributed by atoms with Crippen LogP contribution in [0.4, 0.5) is 0 Å². The van der Waals surface area contributed by atoms with Crippen LogP contribution in [0.15, 0.2) is 18.2 Å². The molecule has 0 unspecified atom stereocenters. The molecule has 0 fully saturated rings. The third kappa shape index (κ3) is 11.2. The Bertz CT molecular complexity index is 614. The summed E-state index contributed by atoms with van der Waals surface area (Å²) in [5.41, 5.74) is 2.31. The molecule has 1 aromatic carbocycles. The third-order valence-electron chi connectivity index (χ3n) is 5.15. The molecule has 0 aliphatic carbocycles. The fourth-order valence-electron chi connectivity index (χ4n) is 3.38. The van der Waals surface area contributed by atoms with Crippen LogP contribution >= 0.6 is 0 Å². The summed E-state index contributed by atoms with van der Waals surface area (Å²) in [5.74, 6) is 0.473. The van der Waals surface area contributed by atoms with E-state index in [0.29, 0.717) is 25.9 Å². The van der Waals surface area contributed by atoms with Crippen molar-refractivity contribution in [2.24, 2.45) is 0 Å². The van der Waals surface area contributed by atoms with Gasteiger partial charge in [-0.3, -0.25) is 9.59 Å². The highest BCUT2D eigenvalue weighted by Gasteiger charge is 2.12. The van der Waals surface area contributed by atoms with E-state index in [4.69, 9.17) is 14.6 Å². The van der Waals surface area contributed by atoms with E-state index in [2.05, 4.69) is 10.8 Å². The molecule has 0 aliphatic rings. The van der Waals surface area contributed by atoms with Gasteiger partial charge in [-0.15, -0.1) is 0 Å². The standard InChI is InChI=1S/C24H38O6/c1-28-23(26)15-8-4-6-10-19-30-22-14-11-13-20(12-7-3-5-9-18-25)21(22)16-17-24(27)29-2/h11,13-14,25H,3-10,12,15-19H2,1-2H3. The molecule has 6 nitrogen and oxygen atoms in total. The van der Waals surface area contributed by atoms with Crippen LogP contribution in [0, 0.1) is 0 Å². The zero-order valence-electron chi connectivity index (χ0n) is 18.6. The monoisotopic (exact) mass is 422 g/mol. The Morgan fingerprint density at radius 3 is 2.20 bits per heavy atom. The molecule has 0 heterocycles. The van der Waals surface area contributed by atoms with Crippen molar-refractivity contribution in [2.45, 2.75) is 77.0 Å². The lowest BCUT2D eigenvalue weighted by Crippen LogP contribution is -2.07. The Balaban J connectivity index is 2.56. The van der Waals surface area contributed by atoms with Gasteiger partial charge in [0.05, 0.1) is 20.8 Å². The number of aliphatic hydroxyl groups excluding tert-OH is 1. The summed E-state index contributed by atoms with van der Waals surface area (Å²) in [7, 11) is 2.82. The van der Waals surface area contributed by atoms with Gasteiger partial charge in [0.1, 0.15) is 5.75 Å². The van der Waals surface area contributed by atoms with Crippen LogP contribution in [0.5, 0.6) is 5.75 Å². The van der Waals surface area contributed by atoms with Crippen molar-refractivity contribution >= 4 is 11.9 Å². The van der Waals surface area contributed by atoms with Gasteiger partial charge in [-0.2, -0.15) is 0 Å². The average Bonchev–Trinajstić information content (AvgIpc) is 2.76. The minimum Gasteiger partial charge on any atom is -0.493 e. The number of aryl methyl sites for hydroxylation is 1. The van der Waals surface area contributed by atoms with E-state index in [0.717, 1.165) is 69.1 Å². The molecule has 0 bridgehead atoms. The first-order valence-electron chi connectivity index (χ1n) is 11.1. The minimum atomic E-state index is -0.218. The Hall–Kier alpha value is -2.08. The first-order chi connectivity index (χ1) is 14.6. The summed E-state index contributed by atoms with van der Waals surface area (Å²) in [6.45, 7) is 0.861. The van der Waals surface area contributed by atoms with E-state index in [1.54, 1.807) is 0 Å². The van der Waals surface area contributed by atoms with Gasteiger partial charge in [0.2, 0.25) is 0 Å². The summed E-state index contributed by atoms with van der Waals surface area (Å²) >= 11 is 0. The number of carbonyl (C=O) groups is 2. The largest absolute Gasteiger partial charge is 0.493 e. The quantitative estimate of drug-likeness (QED) is 0.296. The van der Waals surface area contributed by atoms with E-state index in [1.165, 1.54) is 19.8 Å². The van der Waals surface area contributed by atoms with E-state index >= 15 is 0 Å². The van der Waals surface area contributed by atoms with Gasteiger partial charge >= 0.3 is 11.9 Å². The Labute approximate surface area is 180 Å². The van der Waals surface area contributed by atoms with E-state index in [9.17, 15) is 9.59 Å². The first-order valence-corrected chi connectivity index (χ1v) is 11.1. The highest BCUT2D eigenvalue weighted by molar-refractivity contribution is 5.70. The summed E-state index contributed by atoms with van der Waals surface area (Å²) < 4.78 is 15.5. The second kappa shape index (κ2) is 16.7. The second-order valence-corrected chi connectivity index (χ2v) is 7.45. The van der Waals surface area contributed by atoms with Gasteiger partial charge in [0.15, 0.2) is 0 Å². The van der Waals surface area contributed by atoms with Crippen molar-refractivity contribution in [2.75, 3.05) is 27.4 Å². The van der Waals surface area contributed by atoms with Crippen molar-refractivity contribution in [1.29, 1.82) is 0 Å². The Morgan fingerprint density at radius 2 is 1.47 bits per heavy atom. The van der Waals surface area contributed by atoms with E-state index in [-0.39, 0.29) is 18.5 Å². The normalized spacial score (nSPS) is 10.6. The zero-order valence-corrected chi connectivity index (χ0v) is 18.6. The van der Waals surface area contributed by atoms with Crippen molar-refractivity contribution in [1.82, 2.24) is 0 Å². The second-order valence-electron chi connectivity index (χ2n) is 7.45. The average molecular weight is 423 g/mol. The number of ether oxygens (including phenoxy) is 3. The molecule has 0 radical (unpaired) electrons. The van der Waals surface area contributed by atoms with E-state index in [1.807, 2.05) is 12.1 Å². The zero-order chi connectivity index (χ0) is 22.0. The third-order valence-corrected chi connectivity index (χ3v) is 5.15. The van der Waals surface area contributed by atoms with E-state index < -0.39 is 0 Å². The highest BCUT2D eigenvalue weighted by atomic mass is 16.5. The fraction of sp³-hybridized carbons (Fsp3) is 0.667. The maximum atomic E-state index is 11.7. The molecule has 1 rings (SSSR count). The lowest BCUT2D eigenvalue weighted by atomic mass is 9.97. The molecule has 0 saturated carbocycles. The number of benzene rings is 1. The number of unbranched alkanes of at least 4 members (excludes halogenated alkanes) is 6. The van der Waals surface area contributed by atoms with Crippen LogP contribution in [0.1, 0.15) is 75.3 Å². The molecule has 0 aromatic heterocycles. The molecule has 6 heteroatoms. The van der Waals surface area contributed by atoms with Crippen LogP contribution in [0.2, 0.25) is 0 Å². The molecular formula is C24H38O6. The molecule has 0 spiro atoms. The number of esters is 2.